The van der Waals surface area contributed by atoms with Crippen molar-refractivity contribution in [1.29, 1.82) is 0 Å². The molecule has 0 amide bonds. The van der Waals surface area contributed by atoms with Crippen LogP contribution < -0.4 is 0 Å². The van der Waals surface area contributed by atoms with Crippen LogP contribution in [0.2, 0.25) is 0 Å². The van der Waals surface area contributed by atoms with Gasteiger partial charge in [-0.2, -0.15) is 26.3 Å². The molecule has 8 heteroatoms. The molecule has 0 saturated heterocycles. The predicted octanol–water partition coefficient (Wildman–Crippen LogP) is 3.44. The van der Waals surface area contributed by atoms with Crippen LogP contribution in [0.1, 0.15) is 33.1 Å². The van der Waals surface area contributed by atoms with Gasteiger partial charge in [-0.15, -0.1) is 0 Å². The van der Waals surface area contributed by atoms with Gasteiger partial charge in [0.15, 0.2) is 0 Å². The maximum Gasteiger partial charge on any atom is 0.423 e. The van der Waals surface area contributed by atoms with E-state index in [9.17, 15) is 31.4 Å². The Morgan fingerprint density at radius 1 is 1.11 bits per heavy atom. The summed E-state index contributed by atoms with van der Waals surface area (Å²) >= 11 is 0. The Bertz CT molecular complexity index is 295. The average molecular weight is 294 g/mol. The minimum atomic E-state index is -5.54. The zero-order chi connectivity index (χ0) is 15.1. The molecule has 1 rings (SSSR count). The number of hydrogen-bond donors (Lipinski definition) is 1. The smallest absolute Gasteiger partial charge is 0.390 e. The highest BCUT2D eigenvalue weighted by Crippen LogP contribution is 2.41. The molecule has 0 radical (unpaired) electrons. The van der Waals surface area contributed by atoms with E-state index in [-0.39, 0.29) is 6.42 Å². The molecular weight excluding hydrogens is 278 g/mol. The van der Waals surface area contributed by atoms with E-state index in [1.165, 1.54) is 0 Å². The zero-order valence-electron chi connectivity index (χ0n) is 10.5. The maximum atomic E-state index is 12.4. The Morgan fingerprint density at radius 3 is 2.00 bits per heavy atom. The van der Waals surface area contributed by atoms with E-state index in [1.54, 1.807) is 13.8 Å². The van der Waals surface area contributed by atoms with E-state index in [1.807, 2.05) is 0 Å². The number of aliphatic hydroxyl groups is 1. The lowest BCUT2D eigenvalue weighted by atomic mass is 9.73. The van der Waals surface area contributed by atoms with Gasteiger partial charge < -0.3 is 9.84 Å². The Kier molecular flexibility index (Phi) is 4.46. The van der Waals surface area contributed by atoms with Crippen molar-refractivity contribution in [3.05, 3.63) is 0 Å². The molecule has 2 unspecified atom stereocenters. The van der Waals surface area contributed by atoms with Crippen LogP contribution in [0.5, 0.6) is 0 Å². The van der Waals surface area contributed by atoms with Crippen molar-refractivity contribution in [2.75, 3.05) is 0 Å². The van der Waals surface area contributed by atoms with Crippen molar-refractivity contribution in [2.24, 2.45) is 5.41 Å². The van der Waals surface area contributed by atoms with Gasteiger partial charge >= 0.3 is 12.4 Å². The van der Waals surface area contributed by atoms with Gasteiger partial charge in [0, 0.05) is 0 Å². The lowest BCUT2D eigenvalue weighted by molar-refractivity contribution is -0.340. The Balaban J connectivity index is 2.86. The molecule has 1 N–H and O–H groups in total. The van der Waals surface area contributed by atoms with Gasteiger partial charge in [0.05, 0.1) is 12.2 Å². The van der Waals surface area contributed by atoms with Crippen LogP contribution in [0.4, 0.5) is 26.3 Å². The van der Waals surface area contributed by atoms with E-state index in [0.29, 0.717) is 12.8 Å². The SMILES string of the molecule is CC1(C)CCCC(OC(C(F)(F)F)C(F)(F)F)C1O. The summed E-state index contributed by atoms with van der Waals surface area (Å²) in [5.74, 6) is 0. The molecule has 1 aliphatic carbocycles. The summed E-state index contributed by atoms with van der Waals surface area (Å²) in [6.45, 7) is 3.17. The number of ether oxygens (including phenoxy) is 1. The van der Waals surface area contributed by atoms with E-state index >= 15 is 0 Å². The highest BCUT2D eigenvalue weighted by atomic mass is 19.4. The fourth-order valence-corrected chi connectivity index (χ4v) is 2.22. The Labute approximate surface area is 106 Å². The second kappa shape index (κ2) is 5.12. The van der Waals surface area contributed by atoms with Gasteiger partial charge in [-0.3, -0.25) is 0 Å². The summed E-state index contributed by atoms with van der Waals surface area (Å²) in [7, 11) is 0. The van der Waals surface area contributed by atoms with Crippen LogP contribution >= 0.6 is 0 Å². The van der Waals surface area contributed by atoms with Crippen molar-refractivity contribution in [3.63, 3.8) is 0 Å². The molecule has 19 heavy (non-hydrogen) atoms. The summed E-state index contributed by atoms with van der Waals surface area (Å²) < 4.78 is 78.4. The number of halogens is 6. The molecular formula is C11H16F6O2. The molecule has 0 aliphatic heterocycles. The van der Waals surface area contributed by atoms with Crippen LogP contribution in [0.25, 0.3) is 0 Å². The second-order valence-corrected chi connectivity index (χ2v) is 5.46. The molecule has 0 aromatic rings. The van der Waals surface area contributed by atoms with Gasteiger partial charge in [0.1, 0.15) is 0 Å². The fourth-order valence-electron chi connectivity index (χ4n) is 2.22. The van der Waals surface area contributed by atoms with E-state index < -0.39 is 36.1 Å². The summed E-state index contributed by atoms with van der Waals surface area (Å²) in [6.07, 6.45) is -16.8. The summed E-state index contributed by atoms with van der Waals surface area (Å²) in [4.78, 5) is 0. The predicted molar refractivity (Wildman–Crippen MR) is 54.4 cm³/mol. The first-order valence-corrected chi connectivity index (χ1v) is 5.82. The summed E-state index contributed by atoms with van der Waals surface area (Å²) in [6, 6.07) is 0. The molecule has 1 aliphatic rings. The number of aliphatic hydroxyl groups excluding tert-OH is 1. The number of hydrogen-bond acceptors (Lipinski definition) is 2. The van der Waals surface area contributed by atoms with Crippen LogP contribution in [0, 0.1) is 5.41 Å². The molecule has 0 bridgehead atoms. The first-order valence-electron chi connectivity index (χ1n) is 5.82. The minimum Gasteiger partial charge on any atom is -0.390 e. The van der Waals surface area contributed by atoms with Crippen LogP contribution in [-0.4, -0.2) is 35.8 Å². The molecule has 1 fully saturated rings. The van der Waals surface area contributed by atoms with Gasteiger partial charge in [-0.25, -0.2) is 0 Å². The highest BCUT2D eigenvalue weighted by Gasteiger charge is 2.59. The lowest BCUT2D eigenvalue weighted by Gasteiger charge is -2.42. The third kappa shape index (κ3) is 3.98. The molecule has 0 spiro atoms. The van der Waals surface area contributed by atoms with Crippen molar-refractivity contribution >= 4 is 0 Å². The molecule has 2 atom stereocenters. The quantitative estimate of drug-likeness (QED) is 0.791. The van der Waals surface area contributed by atoms with E-state index in [0.717, 1.165) is 0 Å². The van der Waals surface area contributed by atoms with Crippen LogP contribution in [0.3, 0.4) is 0 Å². The van der Waals surface area contributed by atoms with Gasteiger partial charge in [0.25, 0.3) is 0 Å². The Morgan fingerprint density at radius 2 is 1.58 bits per heavy atom. The monoisotopic (exact) mass is 294 g/mol. The van der Waals surface area contributed by atoms with Gasteiger partial charge in [-0.05, 0) is 18.3 Å². The minimum absolute atomic E-state index is 0.0206. The largest absolute Gasteiger partial charge is 0.423 e. The highest BCUT2D eigenvalue weighted by molar-refractivity contribution is 4.91. The van der Waals surface area contributed by atoms with Crippen LogP contribution in [0.15, 0.2) is 0 Å². The van der Waals surface area contributed by atoms with Crippen molar-refractivity contribution in [2.45, 2.75) is 63.8 Å². The molecule has 0 aromatic carbocycles. The molecule has 1 saturated carbocycles. The van der Waals surface area contributed by atoms with E-state index in [4.69, 9.17) is 0 Å². The Hall–Kier alpha value is -0.500. The standard InChI is InChI=1S/C11H16F6O2/c1-9(2)5-3-4-6(7(9)18)19-8(10(12,13)14)11(15,16)17/h6-8,18H,3-5H2,1-2H3. The first kappa shape index (κ1) is 16.6. The number of alkyl halides is 6. The van der Waals surface area contributed by atoms with Crippen molar-refractivity contribution < 1.29 is 36.2 Å². The molecule has 114 valence electrons. The van der Waals surface area contributed by atoms with Crippen molar-refractivity contribution in [3.8, 4) is 0 Å². The number of rotatable bonds is 2. The molecule has 0 aromatic heterocycles. The maximum absolute atomic E-state index is 12.4. The normalized spacial score (nSPS) is 28.7. The molecule has 0 heterocycles. The van der Waals surface area contributed by atoms with Gasteiger partial charge in [0.2, 0.25) is 6.10 Å². The average Bonchev–Trinajstić information content (AvgIpc) is 2.16. The topological polar surface area (TPSA) is 29.5 Å². The summed E-state index contributed by atoms with van der Waals surface area (Å²) in [5, 5.41) is 9.82. The fraction of sp³-hybridized carbons (Fsp3) is 1.00. The zero-order valence-corrected chi connectivity index (χ0v) is 10.5. The van der Waals surface area contributed by atoms with Crippen LogP contribution in [-0.2, 0) is 4.74 Å². The third-order valence-corrected chi connectivity index (χ3v) is 3.37. The lowest BCUT2D eigenvalue weighted by Crippen LogP contribution is -2.52. The summed E-state index contributed by atoms with van der Waals surface area (Å²) in [5.41, 5.74) is -0.759. The first-order chi connectivity index (χ1) is 8.36. The van der Waals surface area contributed by atoms with Gasteiger partial charge in [-0.1, -0.05) is 20.3 Å². The van der Waals surface area contributed by atoms with E-state index in [2.05, 4.69) is 4.74 Å². The second-order valence-electron chi connectivity index (χ2n) is 5.46. The third-order valence-electron chi connectivity index (χ3n) is 3.37. The van der Waals surface area contributed by atoms with Crippen molar-refractivity contribution in [1.82, 2.24) is 0 Å². The molecule has 2 nitrogen and oxygen atoms in total.